The van der Waals surface area contributed by atoms with Crippen LogP contribution in [0.15, 0.2) is 17.0 Å². The average molecular weight is 194 g/mol. The molecule has 6 nitrogen and oxygen atoms in total. The largest absolute Gasteiger partial charge is 0.457 e. The highest BCUT2D eigenvalue weighted by Crippen LogP contribution is 1.90. The molecule has 1 heterocycles. The van der Waals surface area contributed by atoms with E-state index >= 15 is 0 Å². The first-order valence-electron chi connectivity index (χ1n) is 2.90. The molecule has 0 aromatic carbocycles. The Bertz CT molecular complexity index is 272. The zero-order valence-corrected chi connectivity index (χ0v) is 7.28. The first-order chi connectivity index (χ1) is 5.39. The first kappa shape index (κ1) is 10.9. The fraction of sp³-hybridized carbons (Fsp3) is 0.400. The number of nitrogens with two attached hydrogens (primary N) is 1. The third-order valence-electron chi connectivity index (χ3n) is 0.650. The summed E-state index contributed by atoms with van der Waals surface area (Å²) < 4.78 is 30.6. The molecule has 1 aliphatic rings. The van der Waals surface area contributed by atoms with Gasteiger partial charge in [-0.25, -0.2) is 0 Å². The second-order valence-corrected chi connectivity index (χ2v) is 3.37. The van der Waals surface area contributed by atoms with Gasteiger partial charge in [0.25, 0.3) is 10.1 Å². The number of aliphatic imine (C=N–C) groups is 1. The van der Waals surface area contributed by atoms with Crippen molar-refractivity contribution in [3.05, 3.63) is 12.0 Å². The maximum Gasteiger partial charge on any atom is 0.261 e. The lowest BCUT2D eigenvalue weighted by Gasteiger charge is -2.02. The molecule has 0 fully saturated rings. The van der Waals surface area contributed by atoms with Crippen molar-refractivity contribution in [2.45, 2.75) is 0 Å². The minimum atomic E-state index is -3.67. The molecule has 0 aromatic heterocycles. The van der Waals surface area contributed by atoms with Crippen molar-refractivity contribution in [3.63, 3.8) is 0 Å². The van der Waals surface area contributed by atoms with Crippen molar-refractivity contribution in [1.29, 1.82) is 0 Å². The van der Waals surface area contributed by atoms with Crippen LogP contribution in [0.1, 0.15) is 0 Å². The lowest BCUT2D eigenvalue weighted by molar-refractivity contribution is 0.217. The Kier molecular flexibility index (Phi) is 4.30. The Morgan fingerprint density at radius 2 is 2.25 bits per heavy atom. The van der Waals surface area contributed by atoms with E-state index in [4.69, 9.17) is 15.0 Å². The number of hydrogen-bond donors (Lipinski definition) is 2. The third kappa shape index (κ3) is 11.7. The lowest BCUT2D eigenvalue weighted by Crippen LogP contribution is -2.06. The lowest BCUT2D eigenvalue weighted by atomic mass is 10.6. The Labute approximate surface area is 70.5 Å². The van der Waals surface area contributed by atoms with Crippen molar-refractivity contribution < 1.29 is 17.7 Å². The van der Waals surface area contributed by atoms with Gasteiger partial charge in [0, 0.05) is 12.3 Å². The van der Waals surface area contributed by atoms with E-state index in [0.717, 1.165) is 0 Å². The predicted octanol–water partition coefficient (Wildman–Crippen LogP) is -0.651. The van der Waals surface area contributed by atoms with Gasteiger partial charge in [-0.05, 0) is 0 Å². The Balaban J connectivity index is 0.000000217. The van der Waals surface area contributed by atoms with Crippen LogP contribution in [-0.4, -0.2) is 32.2 Å². The van der Waals surface area contributed by atoms with Gasteiger partial charge in [-0.1, -0.05) is 0 Å². The van der Waals surface area contributed by atoms with Crippen LogP contribution in [0.4, 0.5) is 0 Å². The van der Waals surface area contributed by atoms with Crippen LogP contribution < -0.4 is 5.73 Å². The minimum Gasteiger partial charge on any atom is -0.457 e. The third-order valence-corrected chi connectivity index (χ3v) is 0.650. The molecule has 1 aliphatic heterocycles. The van der Waals surface area contributed by atoms with Gasteiger partial charge in [0.05, 0.1) is 6.26 Å². The van der Waals surface area contributed by atoms with Crippen LogP contribution in [0.5, 0.6) is 0 Å². The Morgan fingerprint density at radius 3 is 2.42 bits per heavy atom. The molecule has 0 aliphatic carbocycles. The van der Waals surface area contributed by atoms with Crippen molar-refractivity contribution in [1.82, 2.24) is 0 Å². The van der Waals surface area contributed by atoms with Crippen LogP contribution in [-0.2, 0) is 14.9 Å². The summed E-state index contributed by atoms with van der Waals surface area (Å²) >= 11 is 0. The number of rotatable bonds is 0. The van der Waals surface area contributed by atoms with Gasteiger partial charge in [0.2, 0.25) is 0 Å². The highest BCUT2D eigenvalue weighted by molar-refractivity contribution is 7.85. The van der Waals surface area contributed by atoms with Crippen LogP contribution in [0, 0.1) is 0 Å². The van der Waals surface area contributed by atoms with Crippen molar-refractivity contribution in [2.24, 2.45) is 10.7 Å². The van der Waals surface area contributed by atoms with Gasteiger partial charge in [-0.15, -0.1) is 0 Å². The second kappa shape index (κ2) is 4.73. The molecule has 0 saturated carbocycles. The molecule has 7 heteroatoms. The normalized spacial score (nSPS) is 15.3. The molecule has 70 valence electrons. The SMILES string of the molecule is CS(=O)(=O)O.NC1=CC=NCO1. The summed E-state index contributed by atoms with van der Waals surface area (Å²) in [6, 6.07) is 0. The summed E-state index contributed by atoms with van der Waals surface area (Å²) in [5.74, 6) is 0.440. The molecule has 0 amide bonds. The van der Waals surface area contributed by atoms with Gasteiger partial charge >= 0.3 is 0 Å². The standard InChI is InChI=1S/C4H6N2O.CH4O3S/c5-4-1-2-6-3-7-4;1-5(2,3)4/h1-2H,3,5H2;1H3,(H,2,3,4). The highest BCUT2D eigenvalue weighted by Gasteiger charge is 1.89. The fourth-order valence-corrected chi connectivity index (χ4v) is 0.329. The van der Waals surface area contributed by atoms with Gasteiger partial charge in [-0.3, -0.25) is 9.55 Å². The molecule has 0 saturated heterocycles. The number of allylic oxidation sites excluding steroid dienone is 1. The summed E-state index contributed by atoms with van der Waals surface area (Å²) in [7, 11) is -3.67. The molecule has 0 unspecified atom stereocenters. The summed E-state index contributed by atoms with van der Waals surface area (Å²) in [4.78, 5) is 3.72. The highest BCUT2D eigenvalue weighted by atomic mass is 32.2. The quantitative estimate of drug-likeness (QED) is 0.499. The van der Waals surface area contributed by atoms with Gasteiger partial charge in [-0.2, -0.15) is 8.42 Å². The van der Waals surface area contributed by atoms with Crippen molar-refractivity contribution >= 4 is 16.3 Å². The molecule has 0 radical (unpaired) electrons. The fourth-order valence-electron chi connectivity index (χ4n) is 0.329. The first-order valence-corrected chi connectivity index (χ1v) is 4.75. The smallest absolute Gasteiger partial charge is 0.261 e. The number of hydrogen-bond acceptors (Lipinski definition) is 5. The molecule has 1 rings (SSSR count). The summed E-state index contributed by atoms with van der Waals surface area (Å²) in [5, 5.41) is 0. The maximum atomic E-state index is 9.19. The molecular weight excluding hydrogens is 184 g/mol. The molecule has 12 heavy (non-hydrogen) atoms. The minimum absolute atomic E-state index is 0.363. The van der Waals surface area contributed by atoms with E-state index in [1.165, 1.54) is 0 Å². The number of ether oxygens (including phenoxy) is 1. The van der Waals surface area contributed by atoms with E-state index < -0.39 is 10.1 Å². The van der Waals surface area contributed by atoms with Gasteiger partial charge < -0.3 is 10.5 Å². The second-order valence-electron chi connectivity index (χ2n) is 1.91. The van der Waals surface area contributed by atoms with Gasteiger partial charge in [0.15, 0.2) is 12.6 Å². The van der Waals surface area contributed by atoms with E-state index in [-0.39, 0.29) is 0 Å². The summed E-state index contributed by atoms with van der Waals surface area (Å²) in [6.45, 7) is 0.363. The van der Waals surface area contributed by atoms with E-state index in [0.29, 0.717) is 18.9 Å². The van der Waals surface area contributed by atoms with Crippen molar-refractivity contribution in [2.75, 3.05) is 13.0 Å². The van der Waals surface area contributed by atoms with E-state index in [1.807, 2.05) is 0 Å². The van der Waals surface area contributed by atoms with Crippen LogP contribution >= 0.6 is 0 Å². The molecule has 0 spiro atoms. The monoisotopic (exact) mass is 194 g/mol. The molecule has 0 bridgehead atoms. The molecule has 0 aromatic rings. The zero-order valence-electron chi connectivity index (χ0n) is 6.47. The average Bonchev–Trinajstić information content (AvgIpc) is 1.85. The Morgan fingerprint density at radius 1 is 1.75 bits per heavy atom. The number of nitrogens with zero attached hydrogens (tertiary/aromatic N) is 1. The van der Waals surface area contributed by atoms with E-state index in [1.54, 1.807) is 12.3 Å². The summed E-state index contributed by atoms with van der Waals surface area (Å²) in [5.41, 5.74) is 5.18. The zero-order chi connectivity index (χ0) is 9.61. The van der Waals surface area contributed by atoms with Crippen LogP contribution in [0.2, 0.25) is 0 Å². The van der Waals surface area contributed by atoms with Crippen molar-refractivity contribution in [3.8, 4) is 0 Å². The predicted molar refractivity (Wildman–Crippen MR) is 44.2 cm³/mol. The molecule has 3 N–H and O–H groups in total. The van der Waals surface area contributed by atoms with Crippen LogP contribution in [0.25, 0.3) is 0 Å². The van der Waals surface area contributed by atoms with E-state index in [9.17, 15) is 8.42 Å². The van der Waals surface area contributed by atoms with Gasteiger partial charge in [0.1, 0.15) is 0 Å². The molecule has 0 atom stereocenters. The Hall–Kier alpha value is -1.08. The maximum absolute atomic E-state index is 9.19. The van der Waals surface area contributed by atoms with E-state index in [2.05, 4.69) is 4.99 Å². The topological polar surface area (TPSA) is 102 Å². The molecular formula is C5H10N2O4S. The summed E-state index contributed by atoms with van der Waals surface area (Å²) in [6.07, 6.45) is 3.95. The van der Waals surface area contributed by atoms with Crippen LogP contribution in [0.3, 0.4) is 0 Å².